The molecule has 2 aromatic heterocycles. The lowest BCUT2D eigenvalue weighted by Crippen LogP contribution is -2.01. The van der Waals surface area contributed by atoms with Crippen LogP contribution in [0.2, 0.25) is 0 Å². The molecule has 4 rings (SSSR count). The van der Waals surface area contributed by atoms with Gasteiger partial charge in [0.1, 0.15) is 11.6 Å². The molecule has 28 heavy (non-hydrogen) atoms. The average molecular weight is 393 g/mol. The van der Waals surface area contributed by atoms with Crippen LogP contribution in [0.1, 0.15) is 17.3 Å². The monoisotopic (exact) mass is 393 g/mol. The van der Waals surface area contributed by atoms with Gasteiger partial charge < -0.3 is 9.26 Å². The predicted octanol–water partition coefficient (Wildman–Crippen LogP) is 4.24. The molecule has 142 valence electrons. The van der Waals surface area contributed by atoms with E-state index in [1.165, 1.54) is 11.8 Å². The third kappa shape index (κ3) is 3.63. The fourth-order valence-electron chi connectivity index (χ4n) is 2.85. The van der Waals surface area contributed by atoms with Gasteiger partial charge >= 0.3 is 0 Å². The number of nitrogens with zero attached hydrogens (tertiary/aromatic N) is 5. The first-order valence-corrected chi connectivity index (χ1v) is 9.72. The molecule has 0 spiro atoms. The zero-order valence-corrected chi connectivity index (χ0v) is 16.6. The molecule has 0 saturated heterocycles. The summed E-state index contributed by atoms with van der Waals surface area (Å²) in [6, 6.07) is 15.7. The smallest absolute Gasteiger partial charge is 0.237 e. The third-order valence-electron chi connectivity index (χ3n) is 4.27. The van der Waals surface area contributed by atoms with Crippen molar-refractivity contribution in [2.24, 2.45) is 0 Å². The normalized spacial score (nSPS) is 11.0. The molecule has 2 heterocycles. The molecule has 0 radical (unpaired) electrons. The molecular weight excluding hydrogens is 374 g/mol. The summed E-state index contributed by atoms with van der Waals surface area (Å²) >= 11 is 1.51. The van der Waals surface area contributed by atoms with E-state index in [9.17, 15) is 0 Å². The molecular formula is C20H19N5O2S. The third-order valence-corrected chi connectivity index (χ3v) is 5.19. The summed E-state index contributed by atoms with van der Waals surface area (Å²) in [5, 5.41) is 13.4. The highest BCUT2D eigenvalue weighted by atomic mass is 32.2. The Morgan fingerprint density at radius 3 is 2.75 bits per heavy atom. The first kappa shape index (κ1) is 18.2. The Bertz CT molecular complexity index is 1110. The average Bonchev–Trinajstić information content (AvgIpc) is 3.34. The van der Waals surface area contributed by atoms with E-state index in [0.717, 1.165) is 33.5 Å². The molecule has 0 amide bonds. The summed E-state index contributed by atoms with van der Waals surface area (Å²) in [6.45, 7) is 4.01. The standard InChI is InChI=1S/C20H19N5O2S/c1-13-7-4-5-10-17(13)25-14(2)22-23-20(25)28-12-18-21-19(24-27-18)15-8-6-9-16(11-15)26-3/h4-11H,12H2,1-3H3. The zero-order valence-electron chi connectivity index (χ0n) is 15.8. The van der Waals surface area contributed by atoms with Crippen molar-refractivity contribution in [1.29, 1.82) is 0 Å². The van der Waals surface area contributed by atoms with Gasteiger partial charge in [0.15, 0.2) is 5.16 Å². The fourth-order valence-corrected chi connectivity index (χ4v) is 3.68. The predicted molar refractivity (Wildman–Crippen MR) is 107 cm³/mol. The molecule has 2 aromatic carbocycles. The first-order chi connectivity index (χ1) is 13.7. The number of rotatable bonds is 6. The summed E-state index contributed by atoms with van der Waals surface area (Å²) in [6.07, 6.45) is 0. The lowest BCUT2D eigenvalue weighted by Gasteiger charge is -2.10. The maximum Gasteiger partial charge on any atom is 0.237 e. The maximum absolute atomic E-state index is 5.41. The molecule has 0 bridgehead atoms. The van der Waals surface area contributed by atoms with Gasteiger partial charge in [-0.3, -0.25) is 4.57 Å². The molecule has 0 N–H and O–H groups in total. The number of aryl methyl sites for hydroxylation is 2. The molecule has 0 aliphatic carbocycles. The maximum atomic E-state index is 5.41. The summed E-state index contributed by atoms with van der Waals surface area (Å²) in [5.74, 6) is 3.14. The van der Waals surface area contributed by atoms with Gasteiger partial charge in [-0.15, -0.1) is 10.2 Å². The summed E-state index contributed by atoms with van der Waals surface area (Å²) in [7, 11) is 1.63. The second-order valence-corrected chi connectivity index (χ2v) is 7.13. The number of benzene rings is 2. The molecule has 0 aliphatic heterocycles. The van der Waals surface area contributed by atoms with Crippen LogP contribution < -0.4 is 4.74 Å². The van der Waals surface area contributed by atoms with Crippen molar-refractivity contribution in [3.63, 3.8) is 0 Å². The zero-order chi connectivity index (χ0) is 19.5. The van der Waals surface area contributed by atoms with E-state index in [0.29, 0.717) is 17.5 Å². The van der Waals surface area contributed by atoms with Crippen molar-refractivity contribution in [3.05, 3.63) is 65.8 Å². The number of methoxy groups -OCH3 is 1. The van der Waals surface area contributed by atoms with Gasteiger partial charge in [0.2, 0.25) is 11.7 Å². The van der Waals surface area contributed by atoms with Gasteiger partial charge in [0.25, 0.3) is 0 Å². The molecule has 0 atom stereocenters. The van der Waals surface area contributed by atoms with Gasteiger partial charge in [-0.1, -0.05) is 47.3 Å². The van der Waals surface area contributed by atoms with Gasteiger partial charge in [0, 0.05) is 5.56 Å². The summed E-state index contributed by atoms with van der Waals surface area (Å²) in [4.78, 5) is 4.49. The van der Waals surface area contributed by atoms with Gasteiger partial charge in [-0.2, -0.15) is 4.98 Å². The largest absolute Gasteiger partial charge is 0.497 e. The quantitative estimate of drug-likeness (QED) is 0.453. The minimum Gasteiger partial charge on any atom is -0.497 e. The van der Waals surface area contributed by atoms with Gasteiger partial charge in [0.05, 0.1) is 18.6 Å². The van der Waals surface area contributed by atoms with Crippen LogP contribution in [-0.4, -0.2) is 32.0 Å². The lowest BCUT2D eigenvalue weighted by atomic mass is 10.2. The number of ether oxygens (including phenoxy) is 1. The Balaban J connectivity index is 1.54. The van der Waals surface area contributed by atoms with Crippen molar-refractivity contribution >= 4 is 11.8 Å². The number of para-hydroxylation sites is 1. The van der Waals surface area contributed by atoms with E-state index < -0.39 is 0 Å². The van der Waals surface area contributed by atoms with Crippen LogP contribution in [0.5, 0.6) is 5.75 Å². The molecule has 4 aromatic rings. The van der Waals surface area contributed by atoms with E-state index in [2.05, 4.69) is 39.4 Å². The lowest BCUT2D eigenvalue weighted by molar-refractivity contribution is 0.391. The highest BCUT2D eigenvalue weighted by Gasteiger charge is 2.15. The molecule has 0 saturated carbocycles. The molecule has 0 unspecified atom stereocenters. The number of hydrogen-bond donors (Lipinski definition) is 0. The number of thioether (sulfide) groups is 1. The van der Waals surface area contributed by atoms with Gasteiger partial charge in [-0.25, -0.2) is 0 Å². The fraction of sp³-hybridized carbons (Fsp3) is 0.200. The number of aromatic nitrogens is 5. The van der Waals surface area contributed by atoms with Crippen LogP contribution in [0.15, 0.2) is 58.2 Å². The van der Waals surface area contributed by atoms with Crippen molar-refractivity contribution in [1.82, 2.24) is 24.9 Å². The Morgan fingerprint density at radius 2 is 1.93 bits per heavy atom. The van der Waals surface area contributed by atoms with Crippen LogP contribution in [0.25, 0.3) is 17.1 Å². The van der Waals surface area contributed by atoms with Crippen LogP contribution in [0.4, 0.5) is 0 Å². The highest BCUT2D eigenvalue weighted by molar-refractivity contribution is 7.98. The first-order valence-electron chi connectivity index (χ1n) is 8.73. The number of hydrogen-bond acceptors (Lipinski definition) is 7. The molecule has 7 nitrogen and oxygen atoms in total. The Morgan fingerprint density at radius 1 is 1.07 bits per heavy atom. The van der Waals surface area contributed by atoms with Gasteiger partial charge in [-0.05, 0) is 37.6 Å². The van der Waals surface area contributed by atoms with Crippen molar-refractivity contribution < 1.29 is 9.26 Å². The molecule has 0 fully saturated rings. The molecule has 8 heteroatoms. The Hall–Kier alpha value is -3.13. The summed E-state index contributed by atoms with van der Waals surface area (Å²) < 4.78 is 12.7. The SMILES string of the molecule is COc1cccc(-c2noc(CSc3nnc(C)n3-c3ccccc3C)n2)c1. The van der Waals surface area contributed by atoms with Crippen molar-refractivity contribution in [2.45, 2.75) is 24.8 Å². The van der Waals surface area contributed by atoms with Crippen LogP contribution in [0.3, 0.4) is 0 Å². The van der Waals surface area contributed by atoms with Crippen LogP contribution in [-0.2, 0) is 5.75 Å². The Labute approximate surface area is 166 Å². The van der Waals surface area contributed by atoms with Crippen molar-refractivity contribution in [2.75, 3.05) is 7.11 Å². The van der Waals surface area contributed by atoms with E-state index in [4.69, 9.17) is 9.26 Å². The molecule has 0 aliphatic rings. The van der Waals surface area contributed by atoms with E-state index in [1.54, 1.807) is 7.11 Å². The minimum absolute atomic E-state index is 0.501. The second-order valence-electron chi connectivity index (χ2n) is 6.18. The van der Waals surface area contributed by atoms with E-state index in [-0.39, 0.29) is 0 Å². The van der Waals surface area contributed by atoms with E-state index >= 15 is 0 Å². The topological polar surface area (TPSA) is 78.9 Å². The van der Waals surface area contributed by atoms with Crippen LogP contribution >= 0.6 is 11.8 Å². The van der Waals surface area contributed by atoms with Crippen LogP contribution in [0, 0.1) is 13.8 Å². The van der Waals surface area contributed by atoms with E-state index in [1.807, 2.05) is 47.9 Å². The summed E-state index contributed by atoms with van der Waals surface area (Å²) in [5.41, 5.74) is 3.07. The second kappa shape index (κ2) is 7.85. The Kier molecular flexibility index (Phi) is 5.12. The minimum atomic E-state index is 0.501. The van der Waals surface area contributed by atoms with Crippen molar-refractivity contribution in [3.8, 4) is 22.8 Å². The highest BCUT2D eigenvalue weighted by Crippen LogP contribution is 2.27.